The second-order valence-corrected chi connectivity index (χ2v) is 8.57. The summed E-state index contributed by atoms with van der Waals surface area (Å²) in [6.07, 6.45) is 7.79. The van der Waals surface area contributed by atoms with Gasteiger partial charge in [-0.25, -0.2) is 15.0 Å². The lowest BCUT2D eigenvalue weighted by atomic mass is 10.1. The summed E-state index contributed by atoms with van der Waals surface area (Å²) < 4.78 is 2.00. The molecule has 29 heavy (non-hydrogen) atoms. The molecule has 0 atom stereocenters. The van der Waals surface area contributed by atoms with Crippen LogP contribution < -0.4 is 5.32 Å². The van der Waals surface area contributed by atoms with Crippen molar-refractivity contribution in [3.63, 3.8) is 0 Å². The Morgan fingerprint density at radius 3 is 2.90 bits per heavy atom. The van der Waals surface area contributed by atoms with E-state index in [2.05, 4.69) is 15.3 Å². The fourth-order valence-corrected chi connectivity index (χ4v) is 4.76. The van der Waals surface area contributed by atoms with E-state index in [4.69, 9.17) is 4.98 Å². The van der Waals surface area contributed by atoms with Gasteiger partial charge in [0.05, 0.1) is 16.9 Å². The summed E-state index contributed by atoms with van der Waals surface area (Å²) in [6, 6.07) is 7.90. The molecular formula is C22H21N5OS. The van der Waals surface area contributed by atoms with E-state index < -0.39 is 0 Å². The van der Waals surface area contributed by atoms with Gasteiger partial charge in [0.15, 0.2) is 0 Å². The molecule has 1 fully saturated rings. The van der Waals surface area contributed by atoms with Crippen LogP contribution in [0.1, 0.15) is 51.1 Å². The third-order valence-electron chi connectivity index (χ3n) is 5.25. The molecule has 6 nitrogen and oxygen atoms in total. The molecule has 5 rings (SSSR count). The molecule has 1 N–H and O–H groups in total. The molecule has 7 heteroatoms. The van der Waals surface area contributed by atoms with Gasteiger partial charge in [0.25, 0.3) is 5.91 Å². The molecule has 0 radical (unpaired) electrons. The SMILES string of the molecule is Cc1nc(C2CC2)nc2sc(C(=O)Nc3cccc(Cn4ccnc4)c3)c(C)c12. The number of rotatable bonds is 5. The minimum atomic E-state index is -0.0994. The summed E-state index contributed by atoms with van der Waals surface area (Å²) in [5.41, 5.74) is 3.81. The summed E-state index contributed by atoms with van der Waals surface area (Å²) in [7, 11) is 0. The van der Waals surface area contributed by atoms with Crippen molar-refractivity contribution in [2.45, 2.75) is 39.2 Å². The number of nitrogens with one attached hydrogen (secondary N) is 1. The van der Waals surface area contributed by atoms with Crippen LogP contribution in [0.25, 0.3) is 10.2 Å². The molecular weight excluding hydrogens is 382 g/mol. The van der Waals surface area contributed by atoms with Crippen molar-refractivity contribution in [1.82, 2.24) is 19.5 Å². The maximum Gasteiger partial charge on any atom is 0.266 e. The van der Waals surface area contributed by atoms with Crippen LogP contribution in [0.5, 0.6) is 0 Å². The maximum absolute atomic E-state index is 13.0. The topological polar surface area (TPSA) is 72.7 Å². The van der Waals surface area contributed by atoms with E-state index >= 15 is 0 Å². The van der Waals surface area contributed by atoms with Crippen molar-refractivity contribution in [1.29, 1.82) is 0 Å². The minimum Gasteiger partial charge on any atom is -0.333 e. The van der Waals surface area contributed by atoms with Gasteiger partial charge in [0, 0.05) is 35.9 Å². The van der Waals surface area contributed by atoms with Crippen molar-refractivity contribution in [2.75, 3.05) is 5.32 Å². The van der Waals surface area contributed by atoms with Crippen molar-refractivity contribution in [3.8, 4) is 0 Å². The Hall–Kier alpha value is -3.06. The van der Waals surface area contributed by atoms with Crippen LogP contribution in [-0.4, -0.2) is 25.4 Å². The number of fused-ring (bicyclic) bond motifs is 1. The molecule has 4 aromatic rings. The van der Waals surface area contributed by atoms with Crippen LogP contribution in [0.15, 0.2) is 43.0 Å². The molecule has 1 saturated carbocycles. The van der Waals surface area contributed by atoms with E-state index in [0.29, 0.717) is 17.3 Å². The van der Waals surface area contributed by atoms with Crippen molar-refractivity contribution in [2.24, 2.45) is 0 Å². The van der Waals surface area contributed by atoms with Crippen molar-refractivity contribution < 1.29 is 4.79 Å². The summed E-state index contributed by atoms with van der Waals surface area (Å²) in [5.74, 6) is 1.32. The first kappa shape index (κ1) is 18.0. The highest BCUT2D eigenvalue weighted by Gasteiger charge is 2.28. The van der Waals surface area contributed by atoms with Gasteiger partial charge in [-0.15, -0.1) is 11.3 Å². The molecule has 0 unspecified atom stereocenters. The molecule has 3 heterocycles. The van der Waals surface area contributed by atoms with Crippen LogP contribution in [0.4, 0.5) is 5.69 Å². The van der Waals surface area contributed by atoms with Crippen LogP contribution >= 0.6 is 11.3 Å². The van der Waals surface area contributed by atoms with Gasteiger partial charge in [-0.05, 0) is 49.9 Å². The van der Waals surface area contributed by atoms with E-state index in [9.17, 15) is 4.79 Å². The summed E-state index contributed by atoms with van der Waals surface area (Å²) in [4.78, 5) is 28.1. The van der Waals surface area contributed by atoms with Crippen LogP contribution in [-0.2, 0) is 6.54 Å². The van der Waals surface area contributed by atoms with Gasteiger partial charge >= 0.3 is 0 Å². The first-order valence-corrected chi connectivity index (χ1v) is 10.5. The zero-order chi connectivity index (χ0) is 20.0. The first-order chi connectivity index (χ1) is 14.1. The van der Waals surface area contributed by atoms with E-state index in [1.54, 1.807) is 12.5 Å². The molecule has 1 aromatic carbocycles. The van der Waals surface area contributed by atoms with Gasteiger partial charge < -0.3 is 9.88 Å². The number of thiophene rings is 1. The lowest BCUT2D eigenvalue weighted by molar-refractivity contribution is 0.103. The lowest BCUT2D eigenvalue weighted by Crippen LogP contribution is -2.11. The van der Waals surface area contributed by atoms with Gasteiger partial charge in [-0.1, -0.05) is 12.1 Å². The highest BCUT2D eigenvalue weighted by molar-refractivity contribution is 7.20. The van der Waals surface area contributed by atoms with Gasteiger partial charge in [0.1, 0.15) is 10.7 Å². The highest BCUT2D eigenvalue weighted by Crippen LogP contribution is 2.40. The number of aromatic nitrogens is 4. The number of amides is 1. The maximum atomic E-state index is 13.0. The third kappa shape index (κ3) is 3.53. The smallest absolute Gasteiger partial charge is 0.266 e. The van der Waals surface area contributed by atoms with Gasteiger partial charge in [-0.2, -0.15) is 0 Å². The number of benzene rings is 1. The monoisotopic (exact) mass is 403 g/mol. The molecule has 146 valence electrons. The Kier molecular flexibility index (Phi) is 4.39. The second kappa shape index (κ2) is 7.08. The Balaban J connectivity index is 1.41. The number of carbonyl (C=O) groups is 1. The Labute approximate surface area is 172 Å². The van der Waals surface area contributed by atoms with Crippen LogP contribution in [0.2, 0.25) is 0 Å². The largest absolute Gasteiger partial charge is 0.333 e. The van der Waals surface area contributed by atoms with Gasteiger partial charge in [0.2, 0.25) is 0 Å². The third-order valence-corrected chi connectivity index (χ3v) is 6.43. The van der Waals surface area contributed by atoms with Crippen molar-refractivity contribution >= 4 is 33.1 Å². The fraction of sp³-hybridized carbons (Fsp3) is 0.273. The fourth-order valence-electron chi connectivity index (χ4n) is 3.63. The van der Waals surface area contributed by atoms with E-state index in [1.807, 2.05) is 48.9 Å². The van der Waals surface area contributed by atoms with Crippen LogP contribution in [0.3, 0.4) is 0 Å². The Morgan fingerprint density at radius 1 is 1.28 bits per heavy atom. The van der Waals surface area contributed by atoms with E-state index in [1.165, 1.54) is 11.3 Å². The lowest BCUT2D eigenvalue weighted by Gasteiger charge is -2.08. The quantitative estimate of drug-likeness (QED) is 0.525. The first-order valence-electron chi connectivity index (χ1n) is 9.72. The van der Waals surface area contributed by atoms with Gasteiger partial charge in [-0.3, -0.25) is 4.79 Å². The van der Waals surface area contributed by atoms with E-state index in [0.717, 1.165) is 51.4 Å². The number of nitrogens with zero attached hydrogens (tertiary/aromatic N) is 4. The summed E-state index contributed by atoms with van der Waals surface area (Å²) >= 11 is 1.46. The predicted octanol–water partition coefficient (Wildman–Crippen LogP) is 4.68. The summed E-state index contributed by atoms with van der Waals surface area (Å²) in [5, 5.41) is 4.06. The number of hydrogen-bond donors (Lipinski definition) is 1. The summed E-state index contributed by atoms with van der Waals surface area (Å²) in [6.45, 7) is 4.71. The number of imidazole rings is 1. The number of anilines is 1. The average molecular weight is 404 g/mol. The highest BCUT2D eigenvalue weighted by atomic mass is 32.1. The molecule has 1 aliphatic carbocycles. The van der Waals surface area contributed by atoms with Crippen LogP contribution in [0, 0.1) is 13.8 Å². The minimum absolute atomic E-state index is 0.0994. The molecule has 1 aliphatic rings. The molecule has 3 aromatic heterocycles. The number of aryl methyl sites for hydroxylation is 2. The Morgan fingerprint density at radius 2 is 2.14 bits per heavy atom. The zero-order valence-corrected chi connectivity index (χ0v) is 17.2. The standard InChI is InChI=1S/C22H21N5OS/c1-13-18-14(2)24-20(16-6-7-16)26-22(18)29-19(13)21(28)25-17-5-3-4-15(10-17)11-27-9-8-23-12-27/h3-5,8-10,12,16H,6-7,11H2,1-2H3,(H,25,28). The van der Waals surface area contributed by atoms with Crippen molar-refractivity contribution in [3.05, 3.63) is 70.5 Å². The molecule has 0 spiro atoms. The molecule has 0 saturated heterocycles. The zero-order valence-electron chi connectivity index (χ0n) is 16.3. The predicted molar refractivity (Wildman–Crippen MR) is 115 cm³/mol. The molecule has 1 amide bonds. The molecule has 0 aliphatic heterocycles. The number of carbonyl (C=O) groups excluding carboxylic acids is 1. The second-order valence-electron chi connectivity index (χ2n) is 7.57. The normalized spacial score (nSPS) is 13.7. The molecule has 0 bridgehead atoms. The number of hydrogen-bond acceptors (Lipinski definition) is 5. The average Bonchev–Trinajstić information content (AvgIpc) is 3.32. The van der Waals surface area contributed by atoms with E-state index in [-0.39, 0.29) is 5.91 Å². The Bertz CT molecular complexity index is 1210.